The first-order valence-electron chi connectivity index (χ1n) is 6.88. The van der Waals surface area contributed by atoms with Gasteiger partial charge in [0.1, 0.15) is 0 Å². The van der Waals surface area contributed by atoms with E-state index in [1.807, 2.05) is 0 Å². The number of carbonyl (C=O) groups is 2. The summed E-state index contributed by atoms with van der Waals surface area (Å²) < 4.78 is 4.82. The van der Waals surface area contributed by atoms with Gasteiger partial charge in [-0.05, 0) is 13.3 Å². The molecule has 1 atom stereocenters. The molecule has 0 aliphatic heterocycles. The molecule has 0 aliphatic carbocycles. The van der Waals surface area contributed by atoms with Crippen LogP contribution < -0.4 is 16.0 Å². The van der Waals surface area contributed by atoms with Gasteiger partial charge in [0, 0.05) is 20.2 Å². The molecule has 0 aliphatic rings. The van der Waals surface area contributed by atoms with Crippen LogP contribution in [0.25, 0.3) is 0 Å². The van der Waals surface area contributed by atoms with Crippen LogP contribution in [0.15, 0.2) is 0 Å². The minimum atomic E-state index is -0.366. The molecule has 6 nitrogen and oxygen atoms in total. The van der Waals surface area contributed by atoms with Crippen LogP contribution in [0.5, 0.6) is 0 Å². The number of ether oxygens (including phenoxy) is 1. The van der Waals surface area contributed by atoms with Gasteiger partial charge < -0.3 is 15.4 Å². The highest BCUT2D eigenvalue weighted by atomic mass is 16.5. The van der Waals surface area contributed by atoms with Crippen molar-refractivity contribution in [1.29, 1.82) is 0 Å². The third-order valence-electron chi connectivity index (χ3n) is 2.67. The van der Waals surface area contributed by atoms with Gasteiger partial charge in [0.05, 0.1) is 19.2 Å². The zero-order valence-corrected chi connectivity index (χ0v) is 12.3. The Labute approximate surface area is 115 Å². The fraction of sp³-hybridized carbons (Fsp3) is 0.846. The van der Waals surface area contributed by atoms with E-state index in [9.17, 15) is 9.59 Å². The second-order valence-electron chi connectivity index (χ2n) is 4.44. The summed E-state index contributed by atoms with van der Waals surface area (Å²) in [6.07, 6.45) is 3.24. The van der Waals surface area contributed by atoms with Crippen molar-refractivity contribution in [3.05, 3.63) is 0 Å². The van der Waals surface area contributed by atoms with Gasteiger partial charge in [0.15, 0.2) is 0 Å². The smallest absolute Gasteiger partial charge is 0.236 e. The van der Waals surface area contributed by atoms with Gasteiger partial charge in [-0.15, -0.1) is 0 Å². The van der Waals surface area contributed by atoms with Crippen LogP contribution in [-0.2, 0) is 14.3 Å². The summed E-state index contributed by atoms with van der Waals surface area (Å²) in [5, 5.41) is 8.40. The van der Waals surface area contributed by atoms with E-state index in [-0.39, 0.29) is 24.4 Å². The van der Waals surface area contributed by atoms with Crippen molar-refractivity contribution in [1.82, 2.24) is 16.0 Å². The lowest BCUT2D eigenvalue weighted by atomic mass is 10.2. The second-order valence-corrected chi connectivity index (χ2v) is 4.44. The van der Waals surface area contributed by atoms with E-state index >= 15 is 0 Å². The minimum absolute atomic E-state index is 0.0687. The second kappa shape index (κ2) is 11.9. The summed E-state index contributed by atoms with van der Waals surface area (Å²) in [6, 6.07) is -0.366. The fourth-order valence-electron chi connectivity index (χ4n) is 1.43. The largest absolute Gasteiger partial charge is 0.383 e. The molecular weight excluding hydrogens is 246 g/mol. The number of carbonyl (C=O) groups excluding carboxylic acids is 2. The Balaban J connectivity index is 3.63. The van der Waals surface area contributed by atoms with E-state index in [0.717, 1.165) is 19.3 Å². The lowest BCUT2D eigenvalue weighted by Crippen LogP contribution is -2.46. The Hall–Kier alpha value is -1.14. The van der Waals surface area contributed by atoms with E-state index in [0.29, 0.717) is 19.7 Å². The maximum atomic E-state index is 11.7. The number of rotatable bonds is 11. The normalized spacial score (nSPS) is 11.9. The molecule has 19 heavy (non-hydrogen) atoms. The summed E-state index contributed by atoms with van der Waals surface area (Å²) >= 11 is 0. The number of amides is 2. The Morgan fingerprint density at radius 3 is 2.53 bits per heavy atom. The number of hydrogen-bond acceptors (Lipinski definition) is 4. The van der Waals surface area contributed by atoms with Crippen molar-refractivity contribution in [3.63, 3.8) is 0 Å². The SMILES string of the molecule is CCCCCNC(=O)C(C)NCC(=O)NCCOC. The zero-order valence-electron chi connectivity index (χ0n) is 12.3. The molecule has 0 spiro atoms. The van der Waals surface area contributed by atoms with Crippen LogP contribution in [0.4, 0.5) is 0 Å². The van der Waals surface area contributed by atoms with E-state index < -0.39 is 0 Å². The third kappa shape index (κ3) is 10.5. The Morgan fingerprint density at radius 1 is 1.16 bits per heavy atom. The molecule has 0 aromatic heterocycles. The van der Waals surface area contributed by atoms with Gasteiger partial charge in [-0.2, -0.15) is 0 Å². The van der Waals surface area contributed by atoms with Crippen molar-refractivity contribution < 1.29 is 14.3 Å². The first kappa shape index (κ1) is 17.9. The fourth-order valence-corrected chi connectivity index (χ4v) is 1.43. The lowest BCUT2D eigenvalue weighted by molar-refractivity contribution is -0.123. The first-order chi connectivity index (χ1) is 9.11. The summed E-state index contributed by atoms with van der Waals surface area (Å²) in [7, 11) is 1.58. The highest BCUT2D eigenvalue weighted by Crippen LogP contribution is 1.91. The van der Waals surface area contributed by atoms with Crippen molar-refractivity contribution in [2.24, 2.45) is 0 Å². The van der Waals surface area contributed by atoms with E-state index in [4.69, 9.17) is 4.74 Å². The third-order valence-corrected chi connectivity index (χ3v) is 2.67. The van der Waals surface area contributed by atoms with Crippen LogP contribution in [-0.4, -0.2) is 51.2 Å². The Kier molecular flexibility index (Phi) is 11.2. The van der Waals surface area contributed by atoms with Gasteiger partial charge in [0.2, 0.25) is 11.8 Å². The molecule has 0 heterocycles. The monoisotopic (exact) mass is 273 g/mol. The van der Waals surface area contributed by atoms with Gasteiger partial charge in [0.25, 0.3) is 0 Å². The Bertz CT molecular complexity index is 260. The van der Waals surface area contributed by atoms with Gasteiger partial charge in [-0.25, -0.2) is 0 Å². The van der Waals surface area contributed by atoms with E-state index in [1.165, 1.54) is 0 Å². The molecule has 0 aromatic carbocycles. The summed E-state index contributed by atoms with van der Waals surface area (Å²) in [4.78, 5) is 23.0. The first-order valence-corrected chi connectivity index (χ1v) is 6.88. The van der Waals surface area contributed by atoms with Crippen LogP contribution in [0, 0.1) is 0 Å². The van der Waals surface area contributed by atoms with Crippen molar-refractivity contribution >= 4 is 11.8 Å². The standard InChI is InChI=1S/C13H27N3O3/c1-4-5-6-7-15-13(18)11(2)16-10-12(17)14-8-9-19-3/h11,16H,4-10H2,1-3H3,(H,14,17)(H,15,18). The molecule has 1 unspecified atom stereocenters. The van der Waals surface area contributed by atoms with Gasteiger partial charge >= 0.3 is 0 Å². The van der Waals surface area contributed by atoms with Crippen LogP contribution >= 0.6 is 0 Å². The van der Waals surface area contributed by atoms with E-state index in [1.54, 1.807) is 14.0 Å². The molecule has 0 fully saturated rings. The molecular formula is C13H27N3O3. The predicted molar refractivity (Wildman–Crippen MR) is 74.9 cm³/mol. The molecule has 0 rings (SSSR count). The van der Waals surface area contributed by atoms with Gasteiger partial charge in [-0.1, -0.05) is 19.8 Å². The molecule has 0 saturated carbocycles. The van der Waals surface area contributed by atoms with Crippen molar-refractivity contribution in [3.8, 4) is 0 Å². The number of unbranched alkanes of at least 4 members (excludes halogenated alkanes) is 2. The summed E-state index contributed by atoms with van der Waals surface area (Å²) in [5.41, 5.74) is 0. The average molecular weight is 273 g/mol. The lowest BCUT2D eigenvalue weighted by Gasteiger charge is -2.13. The number of methoxy groups -OCH3 is 1. The summed E-state index contributed by atoms with van der Waals surface area (Å²) in [5.74, 6) is -0.205. The van der Waals surface area contributed by atoms with Crippen molar-refractivity contribution in [2.45, 2.75) is 39.2 Å². The average Bonchev–Trinajstić information content (AvgIpc) is 2.41. The topological polar surface area (TPSA) is 79.5 Å². The summed E-state index contributed by atoms with van der Waals surface area (Å²) in [6.45, 7) is 5.66. The molecule has 112 valence electrons. The molecule has 0 radical (unpaired) electrons. The highest BCUT2D eigenvalue weighted by molar-refractivity contribution is 5.83. The maximum Gasteiger partial charge on any atom is 0.236 e. The quantitative estimate of drug-likeness (QED) is 0.464. The molecule has 0 aromatic rings. The molecule has 3 N–H and O–H groups in total. The molecule has 6 heteroatoms. The predicted octanol–water partition coefficient (Wildman–Crippen LogP) is 0.0335. The molecule has 0 saturated heterocycles. The van der Waals surface area contributed by atoms with E-state index in [2.05, 4.69) is 22.9 Å². The Morgan fingerprint density at radius 2 is 1.89 bits per heavy atom. The van der Waals surface area contributed by atoms with Crippen LogP contribution in [0.2, 0.25) is 0 Å². The number of nitrogens with one attached hydrogen (secondary N) is 3. The molecule has 0 bridgehead atoms. The van der Waals surface area contributed by atoms with Crippen LogP contribution in [0.1, 0.15) is 33.1 Å². The maximum absolute atomic E-state index is 11.7. The minimum Gasteiger partial charge on any atom is -0.383 e. The van der Waals surface area contributed by atoms with Crippen LogP contribution in [0.3, 0.4) is 0 Å². The molecule has 2 amide bonds. The number of hydrogen-bond donors (Lipinski definition) is 3. The van der Waals surface area contributed by atoms with Crippen molar-refractivity contribution in [2.75, 3.05) is 33.4 Å². The van der Waals surface area contributed by atoms with Gasteiger partial charge in [-0.3, -0.25) is 14.9 Å². The highest BCUT2D eigenvalue weighted by Gasteiger charge is 2.12. The zero-order chi connectivity index (χ0) is 14.5.